The van der Waals surface area contributed by atoms with Gasteiger partial charge in [-0.3, -0.25) is 9.48 Å². The molecule has 2 aromatic rings. The maximum atomic E-state index is 12.1. The van der Waals surface area contributed by atoms with E-state index >= 15 is 0 Å². The lowest BCUT2D eigenvalue weighted by Gasteiger charge is -2.16. The van der Waals surface area contributed by atoms with Crippen molar-refractivity contribution in [3.63, 3.8) is 0 Å². The van der Waals surface area contributed by atoms with Crippen LogP contribution >= 0.6 is 11.8 Å². The molecule has 1 aliphatic carbocycles. The van der Waals surface area contributed by atoms with Crippen LogP contribution < -0.4 is 5.32 Å². The molecule has 2 heterocycles. The second kappa shape index (κ2) is 9.41. The summed E-state index contributed by atoms with van der Waals surface area (Å²) in [6, 6.07) is 0.538. The predicted molar refractivity (Wildman–Crippen MR) is 112 cm³/mol. The second-order valence-electron chi connectivity index (χ2n) is 7.35. The molecule has 0 atom stereocenters. The van der Waals surface area contributed by atoms with E-state index < -0.39 is 0 Å². The highest BCUT2D eigenvalue weighted by Crippen LogP contribution is 2.33. The lowest BCUT2D eigenvalue weighted by atomic mass is 10.2. The Morgan fingerprint density at radius 1 is 1.29 bits per heavy atom. The quantitative estimate of drug-likeness (QED) is 0.417. The smallest absolute Gasteiger partial charge is 0.244 e. The first-order valence-corrected chi connectivity index (χ1v) is 11.2. The van der Waals surface area contributed by atoms with Gasteiger partial charge in [0.05, 0.1) is 5.69 Å². The van der Waals surface area contributed by atoms with Gasteiger partial charge in [-0.05, 0) is 45.4 Å². The molecule has 2 aromatic heterocycles. The standard InChI is InChI=1S/C20H30N6OS/c1-14-17(15(2)25(3)24-14)11-12-19(27)21-13-7-10-18-22-23-20(28-4)26(18)16-8-5-6-9-16/h11-12,16H,5-10,13H2,1-4H3,(H,21,27)/b12-11+. The summed E-state index contributed by atoms with van der Waals surface area (Å²) in [6.45, 7) is 4.58. The van der Waals surface area contributed by atoms with Crippen LogP contribution in [0.15, 0.2) is 11.2 Å². The number of nitrogens with zero attached hydrogens (tertiary/aromatic N) is 5. The van der Waals surface area contributed by atoms with Crippen molar-refractivity contribution in [2.75, 3.05) is 12.8 Å². The Kier molecular flexibility index (Phi) is 6.93. The van der Waals surface area contributed by atoms with Crippen LogP contribution in [0, 0.1) is 13.8 Å². The van der Waals surface area contributed by atoms with Crippen molar-refractivity contribution in [3.05, 3.63) is 28.9 Å². The summed E-state index contributed by atoms with van der Waals surface area (Å²) in [7, 11) is 1.91. The van der Waals surface area contributed by atoms with Crippen molar-refractivity contribution in [1.82, 2.24) is 29.9 Å². The van der Waals surface area contributed by atoms with Gasteiger partial charge in [-0.2, -0.15) is 5.10 Å². The summed E-state index contributed by atoms with van der Waals surface area (Å²) >= 11 is 1.66. The minimum Gasteiger partial charge on any atom is -0.353 e. The SMILES string of the molecule is CSc1nnc(CCCNC(=O)/C=C/c2c(C)nn(C)c2C)n1C1CCCC1. The van der Waals surface area contributed by atoms with Crippen molar-refractivity contribution in [3.8, 4) is 0 Å². The van der Waals surface area contributed by atoms with Crippen LogP contribution in [0.5, 0.6) is 0 Å². The Hall–Kier alpha value is -2.09. The topological polar surface area (TPSA) is 77.6 Å². The number of hydrogen-bond acceptors (Lipinski definition) is 5. The highest BCUT2D eigenvalue weighted by Gasteiger charge is 2.23. The number of aryl methyl sites for hydroxylation is 3. The van der Waals surface area contributed by atoms with E-state index in [4.69, 9.17) is 0 Å². The van der Waals surface area contributed by atoms with Gasteiger partial charge in [0.15, 0.2) is 5.16 Å². The molecule has 1 amide bonds. The number of carbonyl (C=O) groups excluding carboxylic acids is 1. The number of amides is 1. The van der Waals surface area contributed by atoms with E-state index in [1.54, 1.807) is 17.8 Å². The number of aromatic nitrogens is 5. The Bertz CT molecular complexity index is 847. The first-order valence-electron chi connectivity index (χ1n) is 9.95. The molecule has 0 unspecified atom stereocenters. The lowest BCUT2D eigenvalue weighted by molar-refractivity contribution is -0.116. The molecule has 1 N–H and O–H groups in total. The van der Waals surface area contributed by atoms with Crippen molar-refractivity contribution in [2.45, 2.75) is 63.6 Å². The molecule has 8 heteroatoms. The number of nitrogens with one attached hydrogen (secondary N) is 1. The number of hydrogen-bond donors (Lipinski definition) is 1. The van der Waals surface area contributed by atoms with Crippen LogP contribution in [0.1, 0.15) is 60.9 Å². The number of carbonyl (C=O) groups is 1. The zero-order valence-corrected chi connectivity index (χ0v) is 18.1. The number of rotatable bonds is 8. The molecule has 0 aromatic carbocycles. The fourth-order valence-electron chi connectivity index (χ4n) is 3.85. The third-order valence-electron chi connectivity index (χ3n) is 5.45. The van der Waals surface area contributed by atoms with Crippen molar-refractivity contribution in [2.24, 2.45) is 7.05 Å². The molecule has 0 radical (unpaired) electrons. The van der Waals surface area contributed by atoms with Crippen molar-refractivity contribution < 1.29 is 4.79 Å². The van der Waals surface area contributed by atoms with E-state index in [0.717, 1.165) is 40.8 Å². The molecule has 0 spiro atoms. The van der Waals surface area contributed by atoms with E-state index in [2.05, 4.69) is 31.4 Å². The average Bonchev–Trinajstić information content (AvgIpc) is 3.38. The van der Waals surface area contributed by atoms with Gasteiger partial charge in [-0.25, -0.2) is 0 Å². The molecule has 0 aliphatic heterocycles. The molecule has 0 bridgehead atoms. The lowest BCUT2D eigenvalue weighted by Crippen LogP contribution is -2.23. The van der Waals surface area contributed by atoms with Gasteiger partial charge >= 0.3 is 0 Å². The third kappa shape index (κ3) is 4.66. The number of thioether (sulfide) groups is 1. The van der Waals surface area contributed by atoms with E-state index in [1.807, 2.05) is 31.7 Å². The molecule has 3 rings (SSSR count). The molecule has 152 valence electrons. The van der Waals surface area contributed by atoms with E-state index in [1.165, 1.54) is 25.7 Å². The molecule has 1 fully saturated rings. The maximum Gasteiger partial charge on any atom is 0.244 e. The molecule has 1 aliphatic rings. The highest BCUT2D eigenvalue weighted by molar-refractivity contribution is 7.98. The van der Waals surface area contributed by atoms with E-state index in [9.17, 15) is 4.79 Å². The van der Waals surface area contributed by atoms with Crippen molar-refractivity contribution in [1.29, 1.82) is 0 Å². The molecule has 1 saturated carbocycles. The minimum atomic E-state index is -0.0790. The Morgan fingerprint density at radius 3 is 2.68 bits per heavy atom. The monoisotopic (exact) mass is 402 g/mol. The largest absolute Gasteiger partial charge is 0.353 e. The molecule has 0 saturated heterocycles. The second-order valence-corrected chi connectivity index (χ2v) is 8.12. The normalized spacial score (nSPS) is 15.0. The maximum absolute atomic E-state index is 12.1. The van der Waals surface area contributed by atoms with Gasteiger partial charge in [0, 0.05) is 43.4 Å². The van der Waals surface area contributed by atoms with Crippen LogP contribution in [0.2, 0.25) is 0 Å². The highest BCUT2D eigenvalue weighted by atomic mass is 32.2. The third-order valence-corrected chi connectivity index (χ3v) is 6.09. The van der Waals surface area contributed by atoms with Gasteiger partial charge in [0.1, 0.15) is 5.82 Å². The van der Waals surface area contributed by atoms with E-state index in [0.29, 0.717) is 12.6 Å². The first kappa shape index (κ1) is 20.6. The summed E-state index contributed by atoms with van der Waals surface area (Å²) in [6.07, 6.45) is 12.2. The van der Waals surface area contributed by atoms with Crippen LogP contribution in [0.25, 0.3) is 6.08 Å². The van der Waals surface area contributed by atoms with Gasteiger partial charge < -0.3 is 9.88 Å². The van der Waals surface area contributed by atoms with Crippen LogP contribution in [-0.4, -0.2) is 43.3 Å². The summed E-state index contributed by atoms with van der Waals surface area (Å²) < 4.78 is 4.16. The molecule has 28 heavy (non-hydrogen) atoms. The first-order chi connectivity index (χ1) is 13.5. The predicted octanol–water partition coefficient (Wildman–Crippen LogP) is 3.23. The van der Waals surface area contributed by atoms with Crippen LogP contribution in [0.4, 0.5) is 0 Å². The summed E-state index contributed by atoms with van der Waals surface area (Å²) in [5.41, 5.74) is 2.99. The van der Waals surface area contributed by atoms with Crippen LogP contribution in [0.3, 0.4) is 0 Å². The van der Waals surface area contributed by atoms with Crippen molar-refractivity contribution >= 4 is 23.7 Å². The fourth-order valence-corrected chi connectivity index (χ4v) is 4.43. The minimum absolute atomic E-state index is 0.0790. The van der Waals surface area contributed by atoms with Gasteiger partial charge in [0.25, 0.3) is 0 Å². The fraction of sp³-hybridized carbons (Fsp3) is 0.600. The Labute approximate surface area is 171 Å². The van der Waals surface area contributed by atoms with Gasteiger partial charge in [-0.15, -0.1) is 10.2 Å². The molecular formula is C20H30N6OS. The Morgan fingerprint density at radius 2 is 2.04 bits per heavy atom. The van der Waals surface area contributed by atoms with Crippen LogP contribution in [-0.2, 0) is 18.3 Å². The van der Waals surface area contributed by atoms with Gasteiger partial charge in [0.2, 0.25) is 5.91 Å². The van der Waals surface area contributed by atoms with Gasteiger partial charge in [-0.1, -0.05) is 24.6 Å². The summed E-state index contributed by atoms with van der Waals surface area (Å²) in [4.78, 5) is 12.1. The zero-order chi connectivity index (χ0) is 20.1. The Balaban J connectivity index is 1.50. The summed E-state index contributed by atoms with van der Waals surface area (Å²) in [5.74, 6) is 0.965. The molecule has 7 nitrogen and oxygen atoms in total. The average molecular weight is 403 g/mol. The molecular weight excluding hydrogens is 372 g/mol. The zero-order valence-electron chi connectivity index (χ0n) is 17.2. The summed E-state index contributed by atoms with van der Waals surface area (Å²) in [5, 5.41) is 17.1. The van der Waals surface area contributed by atoms with E-state index in [-0.39, 0.29) is 5.91 Å².